The lowest BCUT2D eigenvalue weighted by Gasteiger charge is -2.36. The maximum atomic E-state index is 9.70. The van der Waals surface area contributed by atoms with Gasteiger partial charge in [-0.3, -0.25) is 0 Å². The van der Waals surface area contributed by atoms with Crippen LogP contribution < -0.4 is 5.32 Å². The highest BCUT2D eigenvalue weighted by molar-refractivity contribution is 5.55. The molecular weight excluding hydrogens is 236 g/mol. The molecule has 2 N–H and O–H groups in total. The number of nitrogens with zero attached hydrogens (tertiary/aromatic N) is 1. The second kappa shape index (κ2) is 6.08. The Morgan fingerprint density at radius 1 is 1.32 bits per heavy atom. The number of hydrogen-bond donors (Lipinski definition) is 2. The van der Waals surface area contributed by atoms with Crippen LogP contribution in [0.5, 0.6) is 0 Å². The summed E-state index contributed by atoms with van der Waals surface area (Å²) in [6, 6.07) is 7.86. The van der Waals surface area contributed by atoms with Crippen molar-refractivity contribution in [3.05, 3.63) is 29.3 Å². The third kappa shape index (κ3) is 3.27. The van der Waals surface area contributed by atoms with Crippen LogP contribution >= 0.6 is 0 Å². The average Bonchev–Trinajstić information content (AvgIpc) is 2.47. The van der Waals surface area contributed by atoms with E-state index in [4.69, 9.17) is 5.26 Å². The fraction of sp³-hybridized carbons (Fsp3) is 0.562. The molecule has 1 aliphatic rings. The van der Waals surface area contributed by atoms with E-state index < -0.39 is 0 Å². The van der Waals surface area contributed by atoms with Gasteiger partial charge in [-0.1, -0.05) is 25.3 Å². The van der Waals surface area contributed by atoms with Crippen LogP contribution in [-0.2, 0) is 0 Å². The summed E-state index contributed by atoms with van der Waals surface area (Å²) in [5, 5.41) is 22.1. The first-order valence-electron chi connectivity index (χ1n) is 7.05. The summed E-state index contributed by atoms with van der Waals surface area (Å²) >= 11 is 0. The van der Waals surface area contributed by atoms with Crippen LogP contribution in [0, 0.1) is 23.7 Å². The number of anilines is 1. The standard InChI is InChI=1S/C16H22N2O/c1-13-5-6-14(10-17)9-15(13)18-11-16(12-19)7-3-2-4-8-16/h5-6,9,18-19H,2-4,7-8,11-12H2,1H3. The quantitative estimate of drug-likeness (QED) is 0.871. The molecule has 0 atom stereocenters. The van der Waals surface area contributed by atoms with Gasteiger partial charge in [0.15, 0.2) is 0 Å². The number of aryl methyl sites for hydroxylation is 1. The summed E-state index contributed by atoms with van der Waals surface area (Å²) in [5.41, 5.74) is 2.85. The van der Waals surface area contributed by atoms with Crippen molar-refractivity contribution in [1.29, 1.82) is 5.26 Å². The predicted molar refractivity (Wildman–Crippen MR) is 77.0 cm³/mol. The van der Waals surface area contributed by atoms with E-state index in [0.29, 0.717) is 5.56 Å². The van der Waals surface area contributed by atoms with E-state index in [1.807, 2.05) is 25.1 Å². The Morgan fingerprint density at radius 3 is 2.68 bits per heavy atom. The van der Waals surface area contributed by atoms with Gasteiger partial charge in [0.2, 0.25) is 0 Å². The molecule has 0 aliphatic heterocycles. The van der Waals surface area contributed by atoms with Crippen molar-refractivity contribution < 1.29 is 5.11 Å². The van der Waals surface area contributed by atoms with Crippen LogP contribution in [-0.4, -0.2) is 18.3 Å². The minimum Gasteiger partial charge on any atom is -0.396 e. The van der Waals surface area contributed by atoms with Crippen LogP contribution in [0.2, 0.25) is 0 Å². The Labute approximate surface area is 115 Å². The Kier molecular flexibility index (Phi) is 4.44. The highest BCUT2D eigenvalue weighted by atomic mass is 16.3. The van der Waals surface area contributed by atoms with Gasteiger partial charge < -0.3 is 10.4 Å². The maximum Gasteiger partial charge on any atom is 0.0992 e. The van der Waals surface area contributed by atoms with Gasteiger partial charge in [-0.2, -0.15) is 5.26 Å². The molecule has 3 nitrogen and oxygen atoms in total. The van der Waals surface area contributed by atoms with E-state index >= 15 is 0 Å². The van der Waals surface area contributed by atoms with Gasteiger partial charge >= 0.3 is 0 Å². The third-order valence-electron chi connectivity index (χ3n) is 4.27. The molecule has 0 unspecified atom stereocenters. The summed E-state index contributed by atoms with van der Waals surface area (Å²) in [6.07, 6.45) is 5.88. The molecule has 1 aromatic carbocycles. The molecule has 0 radical (unpaired) electrons. The van der Waals surface area contributed by atoms with Crippen LogP contribution in [0.1, 0.15) is 43.2 Å². The smallest absolute Gasteiger partial charge is 0.0992 e. The summed E-state index contributed by atoms with van der Waals surface area (Å²) < 4.78 is 0. The average molecular weight is 258 g/mol. The van der Waals surface area contributed by atoms with Crippen molar-refractivity contribution in [2.24, 2.45) is 5.41 Å². The fourth-order valence-electron chi connectivity index (χ4n) is 2.86. The third-order valence-corrected chi connectivity index (χ3v) is 4.27. The van der Waals surface area contributed by atoms with E-state index in [1.54, 1.807) is 0 Å². The van der Waals surface area contributed by atoms with Crippen LogP contribution in [0.15, 0.2) is 18.2 Å². The molecule has 1 saturated carbocycles. The van der Waals surface area contributed by atoms with Gasteiger partial charge in [0, 0.05) is 17.6 Å². The van der Waals surface area contributed by atoms with Gasteiger partial charge in [-0.25, -0.2) is 0 Å². The van der Waals surface area contributed by atoms with E-state index in [0.717, 1.165) is 30.6 Å². The molecule has 102 valence electrons. The number of nitriles is 1. The number of aliphatic hydroxyl groups excluding tert-OH is 1. The number of benzene rings is 1. The van der Waals surface area contributed by atoms with Crippen LogP contribution in [0.3, 0.4) is 0 Å². The second-order valence-electron chi connectivity index (χ2n) is 5.71. The summed E-state index contributed by atoms with van der Waals surface area (Å²) in [6.45, 7) is 3.08. The molecule has 0 saturated heterocycles. The molecule has 0 bridgehead atoms. The molecule has 0 spiro atoms. The van der Waals surface area contributed by atoms with E-state index in [-0.39, 0.29) is 12.0 Å². The van der Waals surface area contributed by atoms with Gasteiger partial charge in [0.1, 0.15) is 0 Å². The normalized spacial score (nSPS) is 17.7. The number of aliphatic hydroxyl groups is 1. The van der Waals surface area contributed by atoms with Crippen LogP contribution in [0.4, 0.5) is 5.69 Å². The van der Waals surface area contributed by atoms with E-state index in [9.17, 15) is 5.11 Å². The first-order chi connectivity index (χ1) is 9.19. The molecule has 0 amide bonds. The summed E-state index contributed by atoms with van der Waals surface area (Å²) in [4.78, 5) is 0. The van der Waals surface area contributed by atoms with Crippen molar-refractivity contribution in [2.75, 3.05) is 18.5 Å². The molecule has 3 heteroatoms. The highest BCUT2D eigenvalue weighted by Gasteiger charge is 2.31. The zero-order valence-corrected chi connectivity index (χ0v) is 11.6. The zero-order chi connectivity index (χ0) is 13.7. The largest absolute Gasteiger partial charge is 0.396 e. The zero-order valence-electron chi connectivity index (χ0n) is 11.6. The molecule has 1 fully saturated rings. The van der Waals surface area contributed by atoms with Crippen molar-refractivity contribution in [2.45, 2.75) is 39.0 Å². The number of nitrogens with one attached hydrogen (secondary N) is 1. The number of rotatable bonds is 4. The SMILES string of the molecule is Cc1ccc(C#N)cc1NCC1(CO)CCCCC1. The Morgan fingerprint density at radius 2 is 2.05 bits per heavy atom. The lowest BCUT2D eigenvalue weighted by Crippen LogP contribution is -2.35. The van der Waals surface area contributed by atoms with Gasteiger partial charge in [0.05, 0.1) is 18.2 Å². The highest BCUT2D eigenvalue weighted by Crippen LogP contribution is 2.36. The second-order valence-corrected chi connectivity index (χ2v) is 5.71. The Balaban J connectivity index is 2.07. The Bertz CT molecular complexity index is 470. The molecule has 1 aromatic rings. The monoisotopic (exact) mass is 258 g/mol. The van der Waals surface area contributed by atoms with Crippen molar-refractivity contribution >= 4 is 5.69 Å². The maximum absolute atomic E-state index is 9.70. The fourth-order valence-corrected chi connectivity index (χ4v) is 2.86. The molecule has 1 aliphatic carbocycles. The topological polar surface area (TPSA) is 56.0 Å². The van der Waals surface area contributed by atoms with Crippen molar-refractivity contribution in [3.63, 3.8) is 0 Å². The minimum atomic E-state index is 0.0212. The van der Waals surface area contributed by atoms with E-state index in [1.165, 1.54) is 19.3 Å². The molecule has 0 aromatic heterocycles. The van der Waals surface area contributed by atoms with Crippen LogP contribution in [0.25, 0.3) is 0 Å². The van der Waals surface area contributed by atoms with Crippen molar-refractivity contribution in [1.82, 2.24) is 0 Å². The first-order valence-corrected chi connectivity index (χ1v) is 7.05. The van der Waals surface area contributed by atoms with E-state index in [2.05, 4.69) is 11.4 Å². The predicted octanol–water partition coefficient (Wildman–Crippen LogP) is 3.22. The van der Waals surface area contributed by atoms with Gasteiger partial charge in [-0.05, 0) is 37.5 Å². The summed E-state index contributed by atoms with van der Waals surface area (Å²) in [5.74, 6) is 0. The summed E-state index contributed by atoms with van der Waals surface area (Å²) in [7, 11) is 0. The molecule has 0 heterocycles. The lowest BCUT2D eigenvalue weighted by molar-refractivity contribution is 0.0944. The number of hydrogen-bond acceptors (Lipinski definition) is 3. The first kappa shape index (κ1) is 13.9. The van der Waals surface area contributed by atoms with Crippen molar-refractivity contribution in [3.8, 4) is 6.07 Å². The van der Waals surface area contributed by atoms with Gasteiger partial charge in [-0.15, -0.1) is 0 Å². The van der Waals surface area contributed by atoms with Gasteiger partial charge in [0.25, 0.3) is 0 Å². The lowest BCUT2D eigenvalue weighted by atomic mass is 9.74. The Hall–Kier alpha value is -1.53. The molecule has 2 rings (SSSR count). The molecular formula is C16H22N2O. The molecule has 19 heavy (non-hydrogen) atoms. The minimum absolute atomic E-state index is 0.0212.